The van der Waals surface area contributed by atoms with Gasteiger partial charge in [0.1, 0.15) is 0 Å². The molecule has 3 atom stereocenters. The minimum atomic E-state index is 0. The molecule has 1 saturated carbocycles. The monoisotopic (exact) mass is 478 g/mol. The minimum absolute atomic E-state index is 0. The van der Waals surface area contributed by atoms with Gasteiger partial charge in [-0.3, -0.25) is 9.89 Å². The van der Waals surface area contributed by atoms with E-state index in [1.165, 1.54) is 38.8 Å². The summed E-state index contributed by atoms with van der Waals surface area (Å²) >= 11 is 0. The van der Waals surface area contributed by atoms with E-state index in [0.717, 1.165) is 57.2 Å². The van der Waals surface area contributed by atoms with Crippen LogP contribution in [0, 0.1) is 17.8 Å². The molecule has 0 spiro atoms. The second kappa shape index (κ2) is 11.1. The van der Waals surface area contributed by atoms with Crippen LogP contribution in [0.3, 0.4) is 0 Å². The van der Waals surface area contributed by atoms with Gasteiger partial charge >= 0.3 is 0 Å². The fourth-order valence-electron chi connectivity index (χ4n) is 4.84. The molecule has 26 heavy (non-hydrogen) atoms. The van der Waals surface area contributed by atoms with Gasteiger partial charge in [-0.2, -0.15) is 0 Å². The first-order chi connectivity index (χ1) is 12.2. The lowest BCUT2D eigenvalue weighted by atomic mass is 9.82. The van der Waals surface area contributed by atoms with Crippen LogP contribution in [0.2, 0.25) is 0 Å². The van der Waals surface area contributed by atoms with Crippen molar-refractivity contribution in [3.05, 3.63) is 0 Å². The number of nitrogens with one attached hydrogen (secondary N) is 1. The Balaban J connectivity index is 0.00000243. The predicted molar refractivity (Wildman–Crippen MR) is 119 cm³/mol. The molecule has 0 radical (unpaired) electrons. The van der Waals surface area contributed by atoms with Crippen LogP contribution in [0.25, 0.3) is 0 Å². The lowest BCUT2D eigenvalue weighted by Crippen LogP contribution is -2.48. The van der Waals surface area contributed by atoms with Gasteiger partial charge < -0.3 is 15.0 Å². The van der Waals surface area contributed by atoms with Crippen LogP contribution in [0.1, 0.15) is 46.5 Å². The molecule has 3 aliphatic rings. The second-order valence-electron chi connectivity index (χ2n) is 8.36. The fraction of sp³-hybridized carbons (Fsp3) is 0.950. The van der Waals surface area contributed by atoms with E-state index in [1.807, 2.05) is 0 Å². The van der Waals surface area contributed by atoms with Crippen molar-refractivity contribution >= 4 is 29.9 Å². The van der Waals surface area contributed by atoms with Crippen molar-refractivity contribution in [1.82, 2.24) is 15.1 Å². The highest BCUT2D eigenvalue weighted by Crippen LogP contribution is 2.36. The number of nitrogens with zero attached hydrogens (tertiary/aromatic N) is 3. The molecule has 3 unspecified atom stereocenters. The Morgan fingerprint density at radius 3 is 2.27 bits per heavy atom. The molecule has 0 aromatic rings. The summed E-state index contributed by atoms with van der Waals surface area (Å²) in [6.07, 6.45) is 5.69. The quantitative estimate of drug-likeness (QED) is 0.375. The van der Waals surface area contributed by atoms with Gasteiger partial charge in [-0.25, -0.2) is 0 Å². The van der Waals surface area contributed by atoms with Gasteiger partial charge in [-0.15, -0.1) is 24.0 Å². The van der Waals surface area contributed by atoms with Gasteiger partial charge in [-0.1, -0.05) is 26.7 Å². The van der Waals surface area contributed by atoms with Crippen LogP contribution >= 0.6 is 24.0 Å². The maximum atomic E-state index is 5.53. The van der Waals surface area contributed by atoms with Crippen LogP contribution in [0.15, 0.2) is 4.99 Å². The predicted octanol–water partition coefficient (Wildman–Crippen LogP) is 3.05. The summed E-state index contributed by atoms with van der Waals surface area (Å²) < 4.78 is 5.53. The van der Waals surface area contributed by atoms with Gasteiger partial charge in [0, 0.05) is 38.8 Å². The summed E-state index contributed by atoms with van der Waals surface area (Å²) in [4.78, 5) is 10.2. The number of likely N-dealkylation sites (tertiary alicyclic amines) is 1. The molecule has 3 rings (SSSR count). The summed E-state index contributed by atoms with van der Waals surface area (Å²) in [6.45, 7) is 14.9. The number of fused-ring (bicyclic) bond motifs is 1. The zero-order valence-electron chi connectivity index (χ0n) is 17.0. The average Bonchev–Trinajstić information content (AvgIpc) is 3.05. The van der Waals surface area contributed by atoms with Gasteiger partial charge in [-0.05, 0) is 37.5 Å². The third kappa shape index (κ3) is 5.71. The van der Waals surface area contributed by atoms with E-state index in [2.05, 4.69) is 35.9 Å². The maximum absolute atomic E-state index is 5.53. The average molecular weight is 478 g/mol. The highest BCUT2D eigenvalue weighted by atomic mass is 127. The van der Waals surface area contributed by atoms with E-state index in [-0.39, 0.29) is 24.0 Å². The second-order valence-corrected chi connectivity index (χ2v) is 8.36. The van der Waals surface area contributed by atoms with Crippen molar-refractivity contribution in [2.45, 2.75) is 52.5 Å². The molecule has 152 valence electrons. The normalized spacial score (nSPS) is 28.6. The van der Waals surface area contributed by atoms with E-state index in [0.29, 0.717) is 12.0 Å². The number of halogens is 1. The van der Waals surface area contributed by atoms with Gasteiger partial charge in [0.05, 0.1) is 19.8 Å². The minimum Gasteiger partial charge on any atom is -0.379 e. The topological polar surface area (TPSA) is 40.1 Å². The van der Waals surface area contributed by atoms with E-state index in [9.17, 15) is 0 Å². The molecule has 0 bridgehead atoms. The third-order valence-electron chi connectivity index (χ3n) is 6.32. The molecule has 5 nitrogen and oxygen atoms in total. The molecule has 0 aromatic heterocycles. The largest absolute Gasteiger partial charge is 0.379 e. The summed E-state index contributed by atoms with van der Waals surface area (Å²) in [5.41, 5.74) is 0. The SMILES string of the molecule is CCNC(=NCC(C(C)C)N1CCOCC1)N1CC2CCCCC2C1.I. The zero-order valence-corrected chi connectivity index (χ0v) is 19.3. The molecule has 2 heterocycles. The summed E-state index contributed by atoms with van der Waals surface area (Å²) in [6, 6.07) is 0.516. The molecule has 3 fully saturated rings. The zero-order chi connectivity index (χ0) is 17.6. The van der Waals surface area contributed by atoms with E-state index in [4.69, 9.17) is 9.73 Å². The summed E-state index contributed by atoms with van der Waals surface area (Å²) in [7, 11) is 0. The number of guanidine groups is 1. The van der Waals surface area contributed by atoms with Crippen LogP contribution in [-0.2, 0) is 4.74 Å². The standard InChI is InChI=1S/C20H38N4O.HI/c1-4-21-20(24-14-17-7-5-6-8-18(17)15-24)22-13-19(16(2)3)23-9-11-25-12-10-23;/h16-19H,4-15H2,1-3H3,(H,21,22);1H. The molecular weight excluding hydrogens is 439 g/mol. The Morgan fingerprint density at radius 2 is 1.73 bits per heavy atom. The lowest BCUT2D eigenvalue weighted by molar-refractivity contribution is 0.00863. The number of morpholine rings is 1. The Kier molecular flexibility index (Phi) is 9.44. The van der Waals surface area contributed by atoms with Crippen molar-refractivity contribution in [1.29, 1.82) is 0 Å². The smallest absolute Gasteiger partial charge is 0.193 e. The lowest BCUT2D eigenvalue weighted by Gasteiger charge is -2.36. The van der Waals surface area contributed by atoms with Crippen LogP contribution < -0.4 is 5.32 Å². The third-order valence-corrected chi connectivity index (χ3v) is 6.32. The van der Waals surface area contributed by atoms with Crippen LogP contribution in [0.5, 0.6) is 0 Å². The molecule has 2 saturated heterocycles. The Bertz CT molecular complexity index is 426. The van der Waals surface area contributed by atoms with Crippen molar-refractivity contribution in [2.24, 2.45) is 22.7 Å². The highest BCUT2D eigenvalue weighted by Gasteiger charge is 2.35. The van der Waals surface area contributed by atoms with Gasteiger partial charge in [0.2, 0.25) is 0 Å². The molecular formula is C20H39IN4O. The molecule has 1 aliphatic carbocycles. The number of rotatable bonds is 5. The number of aliphatic imine (C=N–C) groups is 1. The summed E-state index contributed by atoms with van der Waals surface area (Å²) in [5.74, 6) is 3.57. The molecule has 1 N–H and O–H groups in total. The number of hydrogen-bond donors (Lipinski definition) is 1. The van der Waals surface area contributed by atoms with Crippen molar-refractivity contribution in [3.8, 4) is 0 Å². The maximum Gasteiger partial charge on any atom is 0.193 e. The fourth-order valence-corrected chi connectivity index (χ4v) is 4.84. The van der Waals surface area contributed by atoms with E-state index < -0.39 is 0 Å². The Labute approximate surface area is 177 Å². The first kappa shape index (κ1) is 22.2. The Morgan fingerprint density at radius 1 is 1.12 bits per heavy atom. The van der Waals surface area contributed by atoms with Crippen LogP contribution in [0.4, 0.5) is 0 Å². The van der Waals surface area contributed by atoms with Gasteiger partial charge in [0.15, 0.2) is 5.96 Å². The number of ether oxygens (including phenoxy) is 1. The van der Waals surface area contributed by atoms with Crippen molar-refractivity contribution in [3.63, 3.8) is 0 Å². The van der Waals surface area contributed by atoms with E-state index >= 15 is 0 Å². The Hall–Kier alpha value is -0.0800. The molecule has 0 amide bonds. The first-order valence-electron chi connectivity index (χ1n) is 10.5. The first-order valence-corrected chi connectivity index (χ1v) is 10.5. The molecule has 6 heteroatoms. The number of hydrogen-bond acceptors (Lipinski definition) is 3. The van der Waals surface area contributed by atoms with Crippen molar-refractivity contribution < 1.29 is 4.74 Å². The summed E-state index contributed by atoms with van der Waals surface area (Å²) in [5, 5.41) is 3.56. The molecule has 2 aliphatic heterocycles. The van der Waals surface area contributed by atoms with Crippen molar-refractivity contribution in [2.75, 3.05) is 52.5 Å². The van der Waals surface area contributed by atoms with E-state index in [1.54, 1.807) is 0 Å². The van der Waals surface area contributed by atoms with Gasteiger partial charge in [0.25, 0.3) is 0 Å². The molecule has 0 aromatic carbocycles. The van der Waals surface area contributed by atoms with Crippen LogP contribution in [-0.4, -0.2) is 74.3 Å². The highest BCUT2D eigenvalue weighted by molar-refractivity contribution is 14.0.